The standard InChI is InChI=1S/C80H45N5O3/c1-7-22-64-59(19-1)73-67(41-37-56-53-16-4-10-25-70(53)86-77(56)73)83(64)50-33-28-46(29-34-50)48-32-40-63-62(45-48)76(47-30-35-51(36-31-47)84-65-23-8-2-20-60(65)74-68(84)42-38-57-54-17-5-11-26-71(54)87-78(57)74)82-80(81-63)49-14-13-15-52(44-49)85-66-24-9-3-21-61(66)75-69(85)43-39-58-55-18-6-12-27-72(55)88-79(58)75/h1-45H. The Hall–Kier alpha value is -12.0. The Bertz CT molecular complexity index is 6370. The highest BCUT2D eigenvalue weighted by molar-refractivity contribution is 6.26. The van der Waals surface area contributed by atoms with Crippen molar-refractivity contribution in [3.63, 3.8) is 0 Å². The van der Waals surface area contributed by atoms with Gasteiger partial charge in [-0.1, -0.05) is 152 Å². The normalized spacial score (nSPS) is 12.3. The smallest absolute Gasteiger partial charge is 0.160 e. The molecule has 0 unspecified atom stereocenters. The number of para-hydroxylation sites is 6. The molecule has 0 atom stereocenters. The Morgan fingerprint density at radius 3 is 1.12 bits per heavy atom. The second-order valence-corrected chi connectivity index (χ2v) is 23.1. The predicted octanol–water partition coefficient (Wildman–Crippen LogP) is 21.6. The van der Waals surface area contributed by atoms with Crippen molar-refractivity contribution >= 4 is 142 Å². The van der Waals surface area contributed by atoms with Gasteiger partial charge in [-0.05, 0) is 132 Å². The molecule has 0 bridgehead atoms. The first-order chi connectivity index (χ1) is 43.6. The maximum absolute atomic E-state index is 6.67. The number of aromatic nitrogens is 5. The first-order valence-corrected chi connectivity index (χ1v) is 29.8. The van der Waals surface area contributed by atoms with Gasteiger partial charge < -0.3 is 27.0 Å². The van der Waals surface area contributed by atoms with Crippen molar-refractivity contribution in [1.29, 1.82) is 0 Å². The monoisotopic (exact) mass is 1120 g/mol. The Labute approximate surface area is 500 Å². The number of nitrogens with zero attached hydrogens (tertiary/aromatic N) is 5. The third-order valence-corrected chi connectivity index (χ3v) is 18.5. The summed E-state index contributed by atoms with van der Waals surface area (Å²) in [5, 5.41) is 14.4. The SMILES string of the molecule is c1cc(-c2nc(-c3ccc(-n4c5ccccc5c5c6oc7ccccc7c6ccc54)cc3)c3cc(-c4ccc(-n5c6ccccc6c6c7oc8ccccc8c7ccc65)cc4)ccc3n2)cc(-n2c3ccccc3c3c4oc5ccccc5c4ccc32)c1. The molecule has 0 saturated heterocycles. The van der Waals surface area contributed by atoms with E-state index in [1.807, 2.05) is 24.3 Å². The minimum absolute atomic E-state index is 0.634. The lowest BCUT2D eigenvalue weighted by Crippen LogP contribution is -1.99. The molecule has 0 amide bonds. The average molecular weight is 1120 g/mol. The molecule has 7 aromatic heterocycles. The van der Waals surface area contributed by atoms with Crippen molar-refractivity contribution in [3.8, 4) is 50.8 Å². The van der Waals surface area contributed by atoms with E-state index in [2.05, 4.69) is 262 Å². The van der Waals surface area contributed by atoms with Crippen LogP contribution in [0.1, 0.15) is 0 Å². The molecule has 88 heavy (non-hydrogen) atoms. The van der Waals surface area contributed by atoms with Crippen molar-refractivity contribution in [2.75, 3.05) is 0 Å². The van der Waals surface area contributed by atoms with Crippen LogP contribution in [0.15, 0.2) is 286 Å². The molecule has 8 nitrogen and oxygen atoms in total. The van der Waals surface area contributed by atoms with Crippen LogP contribution in [0.2, 0.25) is 0 Å². The van der Waals surface area contributed by atoms with Crippen molar-refractivity contribution in [2.45, 2.75) is 0 Å². The lowest BCUT2D eigenvalue weighted by molar-refractivity contribution is 0.672. The molecule has 0 aliphatic heterocycles. The molecule has 0 radical (unpaired) electrons. The van der Waals surface area contributed by atoms with E-state index >= 15 is 0 Å². The average Bonchev–Trinajstić information content (AvgIpc) is 1.74. The van der Waals surface area contributed by atoms with E-state index in [1.54, 1.807) is 0 Å². The van der Waals surface area contributed by atoms with Crippen molar-refractivity contribution in [1.82, 2.24) is 23.7 Å². The number of benzene rings is 13. The molecular formula is C80H45N5O3. The molecule has 0 saturated carbocycles. The van der Waals surface area contributed by atoms with Gasteiger partial charge >= 0.3 is 0 Å². The highest BCUT2D eigenvalue weighted by Crippen LogP contribution is 2.45. The maximum Gasteiger partial charge on any atom is 0.160 e. The molecule has 20 rings (SSSR count). The Morgan fingerprint density at radius 2 is 0.648 bits per heavy atom. The van der Waals surface area contributed by atoms with Crippen LogP contribution in [0.4, 0.5) is 0 Å². The van der Waals surface area contributed by atoms with Crippen LogP contribution < -0.4 is 0 Å². The zero-order valence-electron chi connectivity index (χ0n) is 46.9. The molecule has 0 aliphatic carbocycles. The fraction of sp³-hybridized carbons (Fsp3) is 0. The summed E-state index contributed by atoms with van der Waals surface area (Å²) in [7, 11) is 0. The number of hydrogen-bond acceptors (Lipinski definition) is 5. The van der Waals surface area contributed by atoms with Gasteiger partial charge in [-0.15, -0.1) is 0 Å². The van der Waals surface area contributed by atoms with Crippen molar-refractivity contribution < 1.29 is 13.3 Å². The Kier molecular flexibility index (Phi) is 9.57. The third-order valence-electron chi connectivity index (χ3n) is 18.5. The fourth-order valence-electron chi connectivity index (χ4n) is 14.6. The summed E-state index contributed by atoms with van der Waals surface area (Å²) < 4.78 is 27.0. The summed E-state index contributed by atoms with van der Waals surface area (Å²) in [6, 6.07) is 97.0. The molecule has 20 aromatic rings. The van der Waals surface area contributed by atoms with Gasteiger partial charge in [-0.25, -0.2) is 9.97 Å². The topological polar surface area (TPSA) is 80.0 Å². The van der Waals surface area contributed by atoms with Gasteiger partial charge in [0.25, 0.3) is 0 Å². The van der Waals surface area contributed by atoms with E-state index in [-0.39, 0.29) is 0 Å². The van der Waals surface area contributed by atoms with E-state index in [0.29, 0.717) is 5.82 Å². The summed E-state index contributed by atoms with van der Waals surface area (Å²) in [5.74, 6) is 0.634. The zero-order valence-corrected chi connectivity index (χ0v) is 46.9. The third kappa shape index (κ3) is 6.62. The van der Waals surface area contributed by atoms with Crippen LogP contribution in [0.3, 0.4) is 0 Å². The fourth-order valence-corrected chi connectivity index (χ4v) is 14.6. The van der Waals surface area contributed by atoms with Gasteiger partial charge in [0.1, 0.15) is 33.5 Å². The first-order valence-electron chi connectivity index (χ1n) is 29.8. The summed E-state index contributed by atoms with van der Waals surface area (Å²) in [5.41, 5.74) is 20.7. The van der Waals surface area contributed by atoms with E-state index in [1.165, 1.54) is 0 Å². The van der Waals surface area contributed by atoms with Gasteiger partial charge in [0.05, 0.1) is 60.5 Å². The van der Waals surface area contributed by atoms with Crippen LogP contribution in [-0.2, 0) is 0 Å². The van der Waals surface area contributed by atoms with Gasteiger partial charge in [-0.3, -0.25) is 0 Å². The summed E-state index contributed by atoms with van der Waals surface area (Å²) in [4.78, 5) is 11.0. The molecule has 13 aromatic carbocycles. The summed E-state index contributed by atoms with van der Waals surface area (Å²) >= 11 is 0. The minimum Gasteiger partial charge on any atom is -0.455 e. The number of hydrogen-bond donors (Lipinski definition) is 0. The molecule has 8 heteroatoms. The van der Waals surface area contributed by atoms with E-state index in [0.717, 1.165) is 187 Å². The zero-order chi connectivity index (χ0) is 57.3. The van der Waals surface area contributed by atoms with Crippen molar-refractivity contribution in [3.05, 3.63) is 273 Å². The minimum atomic E-state index is 0.634. The highest BCUT2D eigenvalue weighted by atomic mass is 16.3. The van der Waals surface area contributed by atoms with Gasteiger partial charge in [0.15, 0.2) is 5.82 Å². The number of furan rings is 3. The van der Waals surface area contributed by atoms with Crippen LogP contribution in [0.25, 0.3) is 193 Å². The van der Waals surface area contributed by atoms with Crippen LogP contribution in [-0.4, -0.2) is 23.7 Å². The molecule has 0 spiro atoms. The molecule has 0 aliphatic rings. The quantitative estimate of drug-likeness (QED) is 0.166. The van der Waals surface area contributed by atoms with Gasteiger partial charge in [0, 0.05) is 82.1 Å². The van der Waals surface area contributed by atoms with Crippen LogP contribution in [0, 0.1) is 0 Å². The van der Waals surface area contributed by atoms with E-state index in [9.17, 15) is 0 Å². The highest BCUT2D eigenvalue weighted by Gasteiger charge is 2.24. The maximum atomic E-state index is 6.67. The lowest BCUT2D eigenvalue weighted by Gasteiger charge is -2.14. The summed E-state index contributed by atoms with van der Waals surface area (Å²) in [6.45, 7) is 0. The second kappa shape index (κ2) is 17.8. The second-order valence-electron chi connectivity index (χ2n) is 23.1. The molecule has 408 valence electrons. The molecular weight excluding hydrogens is 1080 g/mol. The van der Waals surface area contributed by atoms with Gasteiger partial charge in [-0.2, -0.15) is 0 Å². The number of fused-ring (bicyclic) bond motifs is 22. The summed E-state index contributed by atoms with van der Waals surface area (Å²) in [6.07, 6.45) is 0. The predicted molar refractivity (Wildman–Crippen MR) is 361 cm³/mol. The van der Waals surface area contributed by atoms with E-state index < -0.39 is 0 Å². The van der Waals surface area contributed by atoms with Crippen LogP contribution in [0.5, 0.6) is 0 Å². The molecule has 0 fully saturated rings. The number of rotatable bonds is 6. The lowest BCUT2D eigenvalue weighted by atomic mass is 9.99. The Balaban J connectivity index is 0.743. The van der Waals surface area contributed by atoms with Crippen molar-refractivity contribution in [2.24, 2.45) is 0 Å². The van der Waals surface area contributed by atoms with Gasteiger partial charge in [0.2, 0.25) is 0 Å². The van der Waals surface area contributed by atoms with E-state index in [4.69, 9.17) is 23.2 Å². The Morgan fingerprint density at radius 1 is 0.239 bits per heavy atom. The van der Waals surface area contributed by atoms with Crippen LogP contribution >= 0.6 is 0 Å². The molecule has 7 heterocycles. The largest absolute Gasteiger partial charge is 0.455 e. The first kappa shape index (κ1) is 47.4. The molecule has 0 N–H and O–H groups in total.